The Morgan fingerprint density at radius 2 is 1.85 bits per heavy atom. The number of rotatable bonds is 9. The van der Waals surface area contributed by atoms with E-state index in [9.17, 15) is 9.36 Å². The van der Waals surface area contributed by atoms with E-state index in [1.165, 1.54) is 11.4 Å². The second kappa shape index (κ2) is 9.40. The summed E-state index contributed by atoms with van der Waals surface area (Å²) in [7, 11) is 0. The predicted octanol–water partition coefficient (Wildman–Crippen LogP) is 6.14. The summed E-state index contributed by atoms with van der Waals surface area (Å²) in [4.78, 5) is 12.9. The molecule has 6 heteroatoms. The molecular formula is C20H25O4PS. The van der Waals surface area contributed by atoms with Crippen LogP contribution in [0.1, 0.15) is 42.3 Å². The number of carbonyl (C=O) groups excluding carboxylic acids is 1. The van der Waals surface area contributed by atoms with Crippen molar-refractivity contribution in [2.45, 2.75) is 27.7 Å². The molecule has 0 aliphatic heterocycles. The van der Waals surface area contributed by atoms with Crippen LogP contribution in [0, 0.1) is 12.8 Å². The fourth-order valence-electron chi connectivity index (χ4n) is 2.25. The SMILES string of the molecule is CCOP(=O)(Oc1cc(C)ccc1C(=O)c1ccccc1)SCC(C)C. The van der Waals surface area contributed by atoms with Gasteiger partial charge in [0.25, 0.3) is 0 Å². The summed E-state index contributed by atoms with van der Waals surface area (Å²) in [6, 6.07) is 14.3. The van der Waals surface area contributed by atoms with Gasteiger partial charge in [-0.1, -0.05) is 50.2 Å². The number of ketones is 1. The Morgan fingerprint density at radius 3 is 2.46 bits per heavy atom. The summed E-state index contributed by atoms with van der Waals surface area (Å²) < 4.78 is 24.4. The first-order valence-corrected chi connectivity index (χ1v) is 11.8. The van der Waals surface area contributed by atoms with Gasteiger partial charge in [0.05, 0.1) is 12.2 Å². The predicted molar refractivity (Wildman–Crippen MR) is 108 cm³/mol. The smallest absolute Gasteiger partial charge is 0.416 e. The third-order valence-corrected chi connectivity index (χ3v) is 7.54. The van der Waals surface area contributed by atoms with Crippen molar-refractivity contribution in [2.24, 2.45) is 5.92 Å². The Labute approximate surface area is 159 Å². The number of hydrogen-bond acceptors (Lipinski definition) is 5. The van der Waals surface area contributed by atoms with Gasteiger partial charge in [-0.05, 0) is 48.8 Å². The Kier molecular flexibility index (Phi) is 7.51. The van der Waals surface area contributed by atoms with E-state index in [2.05, 4.69) is 0 Å². The van der Waals surface area contributed by atoms with Crippen LogP contribution in [-0.2, 0) is 9.09 Å². The summed E-state index contributed by atoms with van der Waals surface area (Å²) in [5.74, 6) is 1.12. The van der Waals surface area contributed by atoms with Crippen molar-refractivity contribution >= 4 is 24.0 Å². The summed E-state index contributed by atoms with van der Waals surface area (Å²) >= 11 is 1.17. The van der Waals surface area contributed by atoms with Gasteiger partial charge in [-0.3, -0.25) is 9.32 Å². The van der Waals surface area contributed by atoms with Crippen molar-refractivity contribution in [2.75, 3.05) is 12.4 Å². The molecule has 0 aliphatic rings. The second-order valence-corrected chi connectivity index (χ2v) is 10.4. The minimum absolute atomic E-state index is 0.169. The third kappa shape index (κ3) is 5.73. The molecule has 0 saturated heterocycles. The first-order chi connectivity index (χ1) is 12.3. The minimum Gasteiger partial charge on any atom is -0.416 e. The van der Waals surface area contributed by atoms with Gasteiger partial charge in [-0.25, -0.2) is 4.57 Å². The quantitative estimate of drug-likeness (QED) is 0.379. The largest absolute Gasteiger partial charge is 0.440 e. The van der Waals surface area contributed by atoms with Gasteiger partial charge in [0.1, 0.15) is 5.75 Å². The van der Waals surface area contributed by atoms with Crippen LogP contribution in [0.5, 0.6) is 5.75 Å². The van der Waals surface area contributed by atoms with Crippen molar-refractivity contribution in [3.63, 3.8) is 0 Å². The zero-order chi connectivity index (χ0) is 19.2. The number of hydrogen-bond donors (Lipinski definition) is 0. The Bertz CT molecular complexity index is 790. The molecule has 26 heavy (non-hydrogen) atoms. The standard InChI is InChI=1S/C20H25O4PS/c1-5-23-25(22,26-14-15(2)3)24-19-13-16(4)11-12-18(19)20(21)17-9-7-6-8-10-17/h6-13,15H,5,14H2,1-4H3. The number of carbonyl (C=O) groups is 1. The molecule has 0 radical (unpaired) electrons. The fraction of sp³-hybridized carbons (Fsp3) is 0.350. The van der Waals surface area contributed by atoms with Crippen LogP contribution in [0.25, 0.3) is 0 Å². The highest BCUT2D eigenvalue weighted by molar-refractivity contribution is 8.55. The van der Waals surface area contributed by atoms with Gasteiger partial charge in [-0.15, -0.1) is 0 Å². The summed E-state index contributed by atoms with van der Waals surface area (Å²) in [5.41, 5.74) is 1.86. The highest BCUT2D eigenvalue weighted by Gasteiger charge is 2.29. The number of benzene rings is 2. The zero-order valence-electron chi connectivity index (χ0n) is 15.6. The lowest BCUT2D eigenvalue weighted by atomic mass is 10.0. The van der Waals surface area contributed by atoms with Gasteiger partial charge in [0.2, 0.25) is 0 Å². The van der Waals surface area contributed by atoms with E-state index >= 15 is 0 Å². The highest BCUT2D eigenvalue weighted by atomic mass is 32.7. The molecule has 2 rings (SSSR count). The summed E-state index contributed by atoms with van der Waals surface area (Å²) in [6.07, 6.45) is 0. The maximum atomic E-state index is 13.1. The van der Waals surface area contributed by atoms with Crippen LogP contribution in [0.15, 0.2) is 48.5 Å². The van der Waals surface area contributed by atoms with Gasteiger partial charge in [0.15, 0.2) is 5.78 Å². The fourth-order valence-corrected chi connectivity index (χ4v) is 6.00. The molecule has 2 aromatic rings. The molecule has 2 aromatic carbocycles. The van der Waals surface area contributed by atoms with E-state index in [4.69, 9.17) is 9.05 Å². The molecule has 0 saturated carbocycles. The van der Waals surface area contributed by atoms with E-state index in [-0.39, 0.29) is 12.4 Å². The molecule has 0 spiro atoms. The minimum atomic E-state index is -3.41. The average molecular weight is 392 g/mol. The lowest BCUT2D eigenvalue weighted by Crippen LogP contribution is -2.06. The summed E-state index contributed by atoms with van der Waals surface area (Å²) in [6.45, 7) is 4.62. The normalized spacial score (nSPS) is 13.4. The van der Waals surface area contributed by atoms with E-state index in [1.54, 1.807) is 31.2 Å². The maximum Gasteiger partial charge on any atom is 0.440 e. The monoisotopic (exact) mass is 392 g/mol. The molecule has 1 atom stereocenters. The van der Waals surface area contributed by atoms with Crippen molar-refractivity contribution in [1.82, 2.24) is 0 Å². The zero-order valence-corrected chi connectivity index (χ0v) is 17.3. The molecule has 0 N–H and O–H groups in total. The average Bonchev–Trinajstić information content (AvgIpc) is 2.61. The van der Waals surface area contributed by atoms with Crippen molar-refractivity contribution < 1.29 is 18.4 Å². The molecule has 4 nitrogen and oxygen atoms in total. The number of aryl methyl sites for hydroxylation is 1. The van der Waals surface area contributed by atoms with Crippen molar-refractivity contribution in [1.29, 1.82) is 0 Å². The summed E-state index contributed by atoms with van der Waals surface area (Å²) in [5, 5.41) is 0. The Hall–Kier alpha value is -1.55. The van der Waals surface area contributed by atoms with Crippen LogP contribution in [0.3, 0.4) is 0 Å². The van der Waals surface area contributed by atoms with Gasteiger partial charge >= 0.3 is 6.80 Å². The van der Waals surface area contributed by atoms with Gasteiger partial charge in [-0.2, -0.15) is 0 Å². The maximum absolute atomic E-state index is 13.1. The van der Waals surface area contributed by atoms with E-state index in [0.717, 1.165) is 5.56 Å². The Balaban J connectivity index is 2.37. The molecule has 0 amide bonds. The van der Waals surface area contributed by atoms with Crippen molar-refractivity contribution in [3.8, 4) is 5.75 Å². The molecule has 0 bridgehead atoms. The van der Waals surface area contributed by atoms with Crippen LogP contribution >= 0.6 is 18.2 Å². The van der Waals surface area contributed by atoms with Crippen LogP contribution in [-0.4, -0.2) is 18.1 Å². The molecule has 140 valence electrons. The topological polar surface area (TPSA) is 52.6 Å². The van der Waals surface area contributed by atoms with Crippen molar-refractivity contribution in [3.05, 3.63) is 65.2 Å². The van der Waals surface area contributed by atoms with E-state index in [1.807, 2.05) is 45.0 Å². The first-order valence-electron chi connectivity index (χ1n) is 8.63. The molecular weight excluding hydrogens is 367 g/mol. The van der Waals surface area contributed by atoms with E-state index in [0.29, 0.717) is 28.5 Å². The van der Waals surface area contributed by atoms with Gasteiger partial charge < -0.3 is 4.52 Å². The van der Waals surface area contributed by atoms with E-state index < -0.39 is 6.80 Å². The van der Waals surface area contributed by atoms with Crippen LogP contribution < -0.4 is 4.52 Å². The van der Waals surface area contributed by atoms with Crippen LogP contribution in [0.2, 0.25) is 0 Å². The molecule has 1 unspecified atom stereocenters. The molecule has 0 aromatic heterocycles. The Morgan fingerprint density at radius 1 is 1.15 bits per heavy atom. The molecule has 0 aliphatic carbocycles. The van der Waals surface area contributed by atoms with Crippen LogP contribution in [0.4, 0.5) is 0 Å². The first kappa shape index (κ1) is 20.8. The highest BCUT2D eigenvalue weighted by Crippen LogP contribution is 2.61. The third-order valence-electron chi connectivity index (χ3n) is 3.48. The lowest BCUT2D eigenvalue weighted by molar-refractivity contribution is 0.103. The molecule has 0 fully saturated rings. The second-order valence-electron chi connectivity index (χ2n) is 6.34. The molecule has 0 heterocycles. The van der Waals surface area contributed by atoms with Gasteiger partial charge in [0, 0.05) is 11.3 Å². The lowest BCUT2D eigenvalue weighted by Gasteiger charge is -2.20.